The van der Waals surface area contributed by atoms with Crippen molar-refractivity contribution in [3.05, 3.63) is 0 Å². The number of carbonyl (C=O) groups is 1. The van der Waals surface area contributed by atoms with Gasteiger partial charge in [0, 0.05) is 13.0 Å². The minimum Gasteiger partial charge on any atom is -0.457 e. The van der Waals surface area contributed by atoms with Crippen LogP contribution >= 0.6 is 7.82 Å². The Hall–Kier alpha value is -0.540. The van der Waals surface area contributed by atoms with E-state index in [4.69, 9.17) is 23.6 Å². The smallest absolute Gasteiger partial charge is 0.457 e. The molecular weight excluding hydrogens is 643 g/mol. The lowest BCUT2D eigenvalue weighted by molar-refractivity contribution is -0.154. The first kappa shape index (κ1) is 48.5. The fourth-order valence-corrected chi connectivity index (χ4v) is 6.68. The standard InChI is InChI=1S/C39H79O9P/c1-3-5-7-9-11-13-14-15-16-17-18-19-20-21-22-23-25-27-29-31-39(42)48-38(36-47-49(43,44)46-34-37(41)33-40)35-45-32-30-28-26-24-12-10-8-6-4-2/h37-38,40-41H,3-36H2,1-2H3,(H,43,44). The van der Waals surface area contributed by atoms with Gasteiger partial charge in [-0.25, -0.2) is 4.57 Å². The first-order valence-corrected chi connectivity index (χ1v) is 22.0. The number of phosphoric ester groups is 1. The number of carbonyl (C=O) groups excluding carboxylic acids is 1. The second-order valence-corrected chi connectivity index (χ2v) is 15.5. The van der Waals surface area contributed by atoms with Crippen LogP contribution in [-0.4, -0.2) is 66.3 Å². The van der Waals surface area contributed by atoms with E-state index in [1.165, 1.54) is 148 Å². The van der Waals surface area contributed by atoms with Crippen LogP contribution in [0.1, 0.15) is 200 Å². The van der Waals surface area contributed by atoms with Crippen LogP contribution in [0, 0.1) is 0 Å². The van der Waals surface area contributed by atoms with E-state index in [-0.39, 0.29) is 25.6 Å². The summed E-state index contributed by atoms with van der Waals surface area (Å²) in [5.41, 5.74) is 0. The molecule has 0 aliphatic carbocycles. The molecule has 294 valence electrons. The highest BCUT2D eigenvalue weighted by molar-refractivity contribution is 7.47. The number of hydrogen-bond donors (Lipinski definition) is 3. The monoisotopic (exact) mass is 723 g/mol. The molecule has 0 heterocycles. The average Bonchev–Trinajstić information content (AvgIpc) is 3.09. The molecule has 3 N–H and O–H groups in total. The number of esters is 1. The highest BCUT2D eigenvalue weighted by atomic mass is 31.2. The van der Waals surface area contributed by atoms with Crippen molar-refractivity contribution in [1.29, 1.82) is 0 Å². The van der Waals surface area contributed by atoms with Crippen molar-refractivity contribution in [3.63, 3.8) is 0 Å². The Labute approximate surface area is 301 Å². The predicted octanol–water partition coefficient (Wildman–Crippen LogP) is 10.8. The second-order valence-electron chi connectivity index (χ2n) is 14.0. The fourth-order valence-electron chi connectivity index (χ4n) is 5.89. The van der Waals surface area contributed by atoms with Gasteiger partial charge in [0.1, 0.15) is 12.2 Å². The number of aliphatic hydroxyl groups is 2. The zero-order chi connectivity index (χ0) is 36.1. The molecule has 0 aromatic heterocycles. The second kappa shape index (κ2) is 37.2. The lowest BCUT2D eigenvalue weighted by Gasteiger charge is -2.20. The van der Waals surface area contributed by atoms with Gasteiger partial charge >= 0.3 is 13.8 Å². The van der Waals surface area contributed by atoms with Crippen molar-refractivity contribution in [2.45, 2.75) is 212 Å². The molecule has 0 amide bonds. The third-order valence-corrected chi connectivity index (χ3v) is 9.99. The predicted molar refractivity (Wildman–Crippen MR) is 201 cm³/mol. The first-order chi connectivity index (χ1) is 23.8. The van der Waals surface area contributed by atoms with Crippen LogP contribution in [0.3, 0.4) is 0 Å². The summed E-state index contributed by atoms with van der Waals surface area (Å²) in [5, 5.41) is 18.3. The summed E-state index contributed by atoms with van der Waals surface area (Å²) in [5.74, 6) is -0.378. The Morgan fingerprint density at radius 1 is 0.551 bits per heavy atom. The van der Waals surface area contributed by atoms with E-state index in [2.05, 4.69) is 13.8 Å². The van der Waals surface area contributed by atoms with Crippen molar-refractivity contribution < 1.29 is 43.0 Å². The molecule has 0 spiro atoms. The molecule has 0 fully saturated rings. The lowest BCUT2D eigenvalue weighted by Crippen LogP contribution is -2.29. The summed E-state index contributed by atoms with van der Waals surface area (Å²) in [6.07, 6.45) is 33.5. The molecule has 9 nitrogen and oxygen atoms in total. The zero-order valence-electron chi connectivity index (χ0n) is 31.9. The Morgan fingerprint density at radius 2 is 0.918 bits per heavy atom. The third kappa shape index (κ3) is 37.0. The molecular formula is C39H79O9P. The van der Waals surface area contributed by atoms with E-state index in [1.54, 1.807) is 0 Å². The summed E-state index contributed by atoms with van der Waals surface area (Å²) in [7, 11) is -4.50. The first-order valence-electron chi connectivity index (χ1n) is 20.5. The van der Waals surface area contributed by atoms with Crippen molar-refractivity contribution in [3.8, 4) is 0 Å². The van der Waals surface area contributed by atoms with Gasteiger partial charge in [0.05, 0.1) is 26.4 Å². The highest BCUT2D eigenvalue weighted by Crippen LogP contribution is 2.43. The van der Waals surface area contributed by atoms with E-state index < -0.39 is 33.2 Å². The SMILES string of the molecule is CCCCCCCCCCCCCCCCCCCCCC(=O)OC(COCCCCCCCCCCC)COP(=O)(O)OCC(O)CO. The fraction of sp³-hybridized carbons (Fsp3) is 0.974. The third-order valence-electron chi connectivity index (χ3n) is 9.04. The minimum absolute atomic E-state index is 0.0568. The molecule has 0 rings (SSSR count). The maximum Gasteiger partial charge on any atom is 0.472 e. The number of phosphoric acid groups is 1. The van der Waals surface area contributed by atoms with E-state index in [9.17, 15) is 19.4 Å². The molecule has 0 saturated heterocycles. The van der Waals surface area contributed by atoms with Crippen LogP contribution in [0.4, 0.5) is 0 Å². The van der Waals surface area contributed by atoms with Gasteiger partial charge in [-0.15, -0.1) is 0 Å². The van der Waals surface area contributed by atoms with Gasteiger partial charge in [0.25, 0.3) is 0 Å². The molecule has 0 bridgehead atoms. The van der Waals surface area contributed by atoms with Crippen LogP contribution in [0.15, 0.2) is 0 Å². The normalized spacial score (nSPS) is 14.1. The Morgan fingerprint density at radius 3 is 1.33 bits per heavy atom. The molecule has 49 heavy (non-hydrogen) atoms. The van der Waals surface area contributed by atoms with Crippen LogP contribution in [0.5, 0.6) is 0 Å². The summed E-state index contributed by atoms with van der Waals surface area (Å²) >= 11 is 0. The molecule has 0 aliphatic heterocycles. The Balaban J connectivity index is 4.06. The quantitative estimate of drug-likeness (QED) is 0.0321. The topological polar surface area (TPSA) is 132 Å². The number of aliphatic hydroxyl groups excluding tert-OH is 2. The molecule has 10 heteroatoms. The van der Waals surface area contributed by atoms with Crippen LogP contribution in [-0.2, 0) is 27.9 Å². The van der Waals surface area contributed by atoms with Crippen molar-refractivity contribution in [2.75, 3.05) is 33.0 Å². The van der Waals surface area contributed by atoms with E-state index in [0.717, 1.165) is 32.1 Å². The van der Waals surface area contributed by atoms with Crippen LogP contribution in [0.2, 0.25) is 0 Å². The Bertz CT molecular complexity index is 739. The maximum atomic E-state index is 12.6. The number of rotatable bonds is 40. The average molecular weight is 723 g/mol. The van der Waals surface area contributed by atoms with Gasteiger partial charge in [0.15, 0.2) is 0 Å². The molecule has 3 unspecified atom stereocenters. The van der Waals surface area contributed by atoms with Gasteiger partial charge in [0.2, 0.25) is 0 Å². The lowest BCUT2D eigenvalue weighted by atomic mass is 10.0. The van der Waals surface area contributed by atoms with Gasteiger partial charge in [-0.1, -0.05) is 181 Å². The van der Waals surface area contributed by atoms with Gasteiger partial charge < -0.3 is 24.6 Å². The molecule has 3 atom stereocenters. The zero-order valence-corrected chi connectivity index (χ0v) is 32.8. The van der Waals surface area contributed by atoms with Crippen molar-refractivity contribution in [2.24, 2.45) is 0 Å². The van der Waals surface area contributed by atoms with E-state index >= 15 is 0 Å². The van der Waals surface area contributed by atoms with Gasteiger partial charge in [-0.3, -0.25) is 13.8 Å². The molecule has 0 saturated carbocycles. The number of ether oxygens (including phenoxy) is 2. The number of unbranched alkanes of at least 4 members (excludes halogenated alkanes) is 26. The van der Waals surface area contributed by atoms with E-state index in [0.29, 0.717) is 6.61 Å². The van der Waals surface area contributed by atoms with Crippen molar-refractivity contribution in [1.82, 2.24) is 0 Å². The number of hydrogen-bond acceptors (Lipinski definition) is 8. The van der Waals surface area contributed by atoms with Gasteiger partial charge in [-0.05, 0) is 12.8 Å². The summed E-state index contributed by atoms with van der Waals surface area (Å²) in [6, 6.07) is 0. The van der Waals surface area contributed by atoms with Crippen LogP contribution < -0.4 is 0 Å². The highest BCUT2D eigenvalue weighted by Gasteiger charge is 2.26. The molecule has 0 aromatic rings. The largest absolute Gasteiger partial charge is 0.472 e. The maximum absolute atomic E-state index is 12.6. The van der Waals surface area contributed by atoms with Gasteiger partial charge in [-0.2, -0.15) is 0 Å². The molecule has 0 aromatic carbocycles. The molecule has 0 radical (unpaired) electrons. The molecule has 0 aliphatic rings. The summed E-state index contributed by atoms with van der Waals surface area (Å²) in [6.45, 7) is 3.54. The summed E-state index contributed by atoms with van der Waals surface area (Å²) in [4.78, 5) is 22.5. The summed E-state index contributed by atoms with van der Waals surface area (Å²) < 4.78 is 33.2. The van der Waals surface area contributed by atoms with Crippen LogP contribution in [0.25, 0.3) is 0 Å². The van der Waals surface area contributed by atoms with Crippen molar-refractivity contribution >= 4 is 13.8 Å². The minimum atomic E-state index is -4.50. The van der Waals surface area contributed by atoms with E-state index in [1.807, 2.05) is 0 Å². The Kier molecular flexibility index (Phi) is 36.8.